The van der Waals surface area contributed by atoms with Crippen LogP contribution in [0.5, 0.6) is 11.5 Å². The van der Waals surface area contributed by atoms with Gasteiger partial charge in [-0.1, -0.05) is 0 Å². The number of methoxy groups -OCH3 is 3. The lowest BCUT2D eigenvalue weighted by Crippen LogP contribution is -2.51. The molecule has 1 aliphatic rings. The highest BCUT2D eigenvalue weighted by Crippen LogP contribution is 2.28. The highest BCUT2D eigenvalue weighted by atomic mass is 35.5. The molecule has 6 nitrogen and oxygen atoms in total. The Morgan fingerprint density at radius 3 is 2.61 bits per heavy atom. The highest BCUT2D eigenvalue weighted by Gasteiger charge is 2.32. The van der Waals surface area contributed by atoms with Crippen molar-refractivity contribution in [3.8, 4) is 11.5 Å². The molecule has 2 N–H and O–H groups in total. The van der Waals surface area contributed by atoms with Crippen molar-refractivity contribution < 1.29 is 19.0 Å². The molecule has 1 aromatic carbocycles. The topological polar surface area (TPSA) is 74.0 Å². The zero-order valence-electron chi connectivity index (χ0n) is 13.8. The molecule has 7 heteroatoms. The molecule has 2 unspecified atom stereocenters. The first-order valence-electron chi connectivity index (χ1n) is 7.40. The number of benzene rings is 1. The summed E-state index contributed by atoms with van der Waals surface area (Å²) in [5.74, 6) is 1.08. The van der Waals surface area contributed by atoms with Gasteiger partial charge in [-0.05, 0) is 31.0 Å². The van der Waals surface area contributed by atoms with Crippen LogP contribution in [0.1, 0.15) is 23.2 Å². The summed E-state index contributed by atoms with van der Waals surface area (Å²) in [6, 6.07) is 5.19. The summed E-state index contributed by atoms with van der Waals surface area (Å²) in [6.07, 6.45) is 1.72. The van der Waals surface area contributed by atoms with Crippen molar-refractivity contribution in [2.45, 2.75) is 25.0 Å². The number of halogens is 1. The second-order valence-corrected chi connectivity index (χ2v) is 5.34. The van der Waals surface area contributed by atoms with Crippen LogP contribution < -0.4 is 15.2 Å². The number of rotatable bonds is 5. The van der Waals surface area contributed by atoms with E-state index in [9.17, 15) is 4.79 Å². The fourth-order valence-electron chi connectivity index (χ4n) is 2.86. The third-order valence-electron chi connectivity index (χ3n) is 4.17. The second kappa shape index (κ2) is 8.96. The van der Waals surface area contributed by atoms with E-state index < -0.39 is 0 Å². The number of carbonyl (C=O) groups is 1. The summed E-state index contributed by atoms with van der Waals surface area (Å²) in [7, 11) is 4.82. The van der Waals surface area contributed by atoms with E-state index in [0.29, 0.717) is 30.2 Å². The number of ether oxygens (including phenoxy) is 3. The van der Waals surface area contributed by atoms with Gasteiger partial charge in [-0.2, -0.15) is 0 Å². The number of piperidine rings is 1. The molecule has 0 spiro atoms. The standard InChI is InChI=1S/C16H24N2O4.ClH/c1-20-12-4-5-15(22-3)14(9-12)16(19)18-7-6-13(21-2)8-11(18)10-17;/h4-5,9,11,13H,6-8,10,17H2,1-3H3;1H. The van der Waals surface area contributed by atoms with Crippen LogP contribution in [-0.2, 0) is 4.74 Å². The Balaban J connectivity index is 0.00000264. The Bertz CT molecular complexity index is 527. The van der Waals surface area contributed by atoms with Crippen LogP contribution in [0.15, 0.2) is 18.2 Å². The van der Waals surface area contributed by atoms with Gasteiger partial charge in [0.1, 0.15) is 11.5 Å². The Morgan fingerprint density at radius 1 is 1.30 bits per heavy atom. The monoisotopic (exact) mass is 344 g/mol. The Morgan fingerprint density at radius 2 is 2.04 bits per heavy atom. The third kappa shape index (κ3) is 4.28. The maximum atomic E-state index is 12.9. The smallest absolute Gasteiger partial charge is 0.258 e. The van der Waals surface area contributed by atoms with Crippen molar-refractivity contribution in [1.29, 1.82) is 0 Å². The molecule has 1 aromatic rings. The maximum Gasteiger partial charge on any atom is 0.258 e. The summed E-state index contributed by atoms with van der Waals surface area (Å²) in [6.45, 7) is 1.04. The second-order valence-electron chi connectivity index (χ2n) is 5.34. The van der Waals surface area contributed by atoms with Gasteiger partial charge in [0, 0.05) is 26.2 Å². The number of nitrogens with zero attached hydrogens (tertiary/aromatic N) is 1. The largest absolute Gasteiger partial charge is 0.497 e. The van der Waals surface area contributed by atoms with Gasteiger partial charge in [0.05, 0.1) is 25.9 Å². The minimum absolute atomic E-state index is 0. The minimum Gasteiger partial charge on any atom is -0.497 e. The van der Waals surface area contributed by atoms with E-state index in [-0.39, 0.29) is 30.5 Å². The van der Waals surface area contributed by atoms with Gasteiger partial charge in [-0.3, -0.25) is 4.79 Å². The average Bonchev–Trinajstić information content (AvgIpc) is 2.59. The lowest BCUT2D eigenvalue weighted by molar-refractivity contribution is 0.0137. The van der Waals surface area contributed by atoms with Crippen LogP contribution in [0.4, 0.5) is 0 Å². The van der Waals surface area contributed by atoms with Gasteiger partial charge in [0.15, 0.2) is 0 Å². The normalized spacial score (nSPS) is 20.6. The predicted molar refractivity (Wildman–Crippen MR) is 90.7 cm³/mol. The lowest BCUT2D eigenvalue weighted by Gasteiger charge is -2.38. The first-order chi connectivity index (χ1) is 10.6. The zero-order valence-corrected chi connectivity index (χ0v) is 14.6. The quantitative estimate of drug-likeness (QED) is 0.880. The predicted octanol–water partition coefficient (Wildman–Crippen LogP) is 1.70. The molecule has 0 aliphatic carbocycles. The summed E-state index contributed by atoms with van der Waals surface area (Å²) in [5.41, 5.74) is 6.34. The number of likely N-dealkylation sites (tertiary alicyclic amines) is 1. The van der Waals surface area contributed by atoms with Crippen molar-refractivity contribution in [3.63, 3.8) is 0 Å². The van der Waals surface area contributed by atoms with E-state index >= 15 is 0 Å². The van der Waals surface area contributed by atoms with Crippen LogP contribution in [0.2, 0.25) is 0 Å². The molecule has 23 heavy (non-hydrogen) atoms. The number of carbonyl (C=O) groups excluding carboxylic acids is 1. The summed E-state index contributed by atoms with van der Waals surface area (Å²) < 4.78 is 15.9. The first-order valence-corrected chi connectivity index (χ1v) is 7.40. The molecule has 0 bridgehead atoms. The molecule has 1 aliphatic heterocycles. The van der Waals surface area contributed by atoms with Crippen LogP contribution in [0.3, 0.4) is 0 Å². The molecular weight excluding hydrogens is 320 g/mol. The van der Waals surface area contributed by atoms with Crippen LogP contribution in [0.25, 0.3) is 0 Å². The molecule has 2 atom stereocenters. The van der Waals surface area contributed by atoms with Gasteiger partial charge in [0.2, 0.25) is 0 Å². The van der Waals surface area contributed by atoms with Crippen LogP contribution in [0, 0.1) is 0 Å². The van der Waals surface area contributed by atoms with Crippen molar-refractivity contribution in [3.05, 3.63) is 23.8 Å². The van der Waals surface area contributed by atoms with E-state index in [1.807, 2.05) is 4.90 Å². The molecule has 1 fully saturated rings. The summed E-state index contributed by atoms with van der Waals surface area (Å²) in [4.78, 5) is 14.7. The molecular formula is C16H25ClN2O4. The number of hydrogen-bond acceptors (Lipinski definition) is 5. The van der Waals surface area contributed by atoms with E-state index in [0.717, 1.165) is 12.8 Å². The molecule has 130 valence electrons. The van der Waals surface area contributed by atoms with E-state index in [1.54, 1.807) is 39.5 Å². The molecule has 0 aromatic heterocycles. The van der Waals surface area contributed by atoms with Crippen molar-refractivity contribution in [1.82, 2.24) is 4.90 Å². The third-order valence-corrected chi connectivity index (χ3v) is 4.17. The van der Waals surface area contributed by atoms with Gasteiger partial charge < -0.3 is 24.8 Å². The van der Waals surface area contributed by atoms with Gasteiger partial charge in [-0.25, -0.2) is 0 Å². The number of nitrogens with two attached hydrogens (primary N) is 1. The molecule has 1 heterocycles. The number of hydrogen-bond donors (Lipinski definition) is 1. The molecule has 0 saturated carbocycles. The van der Waals surface area contributed by atoms with Crippen molar-refractivity contribution >= 4 is 18.3 Å². The Kier molecular flexibility index (Phi) is 7.61. The summed E-state index contributed by atoms with van der Waals surface area (Å²) in [5, 5.41) is 0. The van der Waals surface area contributed by atoms with E-state index in [4.69, 9.17) is 19.9 Å². The van der Waals surface area contributed by atoms with Gasteiger partial charge in [0.25, 0.3) is 5.91 Å². The zero-order chi connectivity index (χ0) is 16.1. The molecule has 1 amide bonds. The van der Waals surface area contributed by atoms with E-state index in [1.165, 1.54) is 0 Å². The highest BCUT2D eigenvalue weighted by molar-refractivity contribution is 5.97. The fourth-order valence-corrected chi connectivity index (χ4v) is 2.86. The SMILES string of the molecule is COc1ccc(OC)c(C(=O)N2CCC(OC)CC2CN)c1.Cl. The lowest BCUT2D eigenvalue weighted by atomic mass is 9.98. The van der Waals surface area contributed by atoms with Crippen molar-refractivity contribution in [2.75, 3.05) is 34.4 Å². The van der Waals surface area contributed by atoms with E-state index in [2.05, 4.69) is 0 Å². The van der Waals surface area contributed by atoms with Crippen LogP contribution >= 0.6 is 12.4 Å². The fraction of sp³-hybridized carbons (Fsp3) is 0.562. The van der Waals surface area contributed by atoms with Crippen molar-refractivity contribution in [2.24, 2.45) is 5.73 Å². The average molecular weight is 345 g/mol. The first kappa shape index (κ1) is 19.5. The van der Waals surface area contributed by atoms with Gasteiger partial charge in [-0.15, -0.1) is 12.4 Å². The van der Waals surface area contributed by atoms with Crippen LogP contribution in [-0.4, -0.2) is 57.4 Å². The maximum absolute atomic E-state index is 12.9. The number of amides is 1. The van der Waals surface area contributed by atoms with Gasteiger partial charge >= 0.3 is 0 Å². The minimum atomic E-state index is -0.0826. The molecule has 0 radical (unpaired) electrons. The molecule has 2 rings (SSSR count). The Hall–Kier alpha value is -1.50. The Labute approximate surface area is 143 Å². The summed E-state index contributed by atoms with van der Waals surface area (Å²) >= 11 is 0. The molecule has 1 saturated heterocycles.